The average Bonchev–Trinajstić information content (AvgIpc) is 2.46. The predicted molar refractivity (Wildman–Crippen MR) is 89.3 cm³/mol. The van der Waals surface area contributed by atoms with Crippen molar-refractivity contribution in [3.05, 3.63) is 29.6 Å². The maximum absolute atomic E-state index is 4.35. The van der Waals surface area contributed by atoms with E-state index in [1.165, 1.54) is 17.5 Å². The molecule has 1 aliphatic rings. The third-order valence-corrected chi connectivity index (χ3v) is 4.91. The molecule has 1 saturated heterocycles. The second-order valence-electron chi connectivity index (χ2n) is 7.01. The number of hydrogen-bond acceptors (Lipinski definition) is 3. The number of aromatic nitrogens is 1. The van der Waals surface area contributed by atoms with Gasteiger partial charge in [0.1, 0.15) is 0 Å². The summed E-state index contributed by atoms with van der Waals surface area (Å²) in [4.78, 5) is 7.01. The molecule has 0 saturated carbocycles. The van der Waals surface area contributed by atoms with Crippen LogP contribution in [0.15, 0.2) is 18.5 Å². The van der Waals surface area contributed by atoms with E-state index in [9.17, 15) is 0 Å². The first-order chi connectivity index (χ1) is 10.0. The molecule has 118 valence electrons. The molecule has 0 radical (unpaired) electrons. The molecule has 3 heteroatoms. The molecule has 1 N–H and O–H groups in total. The molecule has 1 fully saturated rings. The summed E-state index contributed by atoms with van der Waals surface area (Å²) in [6.07, 6.45) is 5.19. The van der Waals surface area contributed by atoms with E-state index in [4.69, 9.17) is 0 Å². The SMILES string of the molecule is CCC(C)C1CN(Cc2cncc(C)c2)C(C(C)C)CN1. The van der Waals surface area contributed by atoms with Crippen molar-refractivity contribution in [3.8, 4) is 0 Å². The molecule has 3 nitrogen and oxygen atoms in total. The first-order valence-electron chi connectivity index (χ1n) is 8.39. The highest BCUT2D eigenvalue weighted by Gasteiger charge is 2.31. The van der Waals surface area contributed by atoms with Crippen LogP contribution in [0.5, 0.6) is 0 Å². The second kappa shape index (κ2) is 7.37. The Morgan fingerprint density at radius 2 is 2.10 bits per heavy atom. The van der Waals surface area contributed by atoms with Crippen LogP contribution < -0.4 is 5.32 Å². The summed E-state index contributed by atoms with van der Waals surface area (Å²) in [6.45, 7) is 14.7. The molecule has 2 rings (SSSR count). The van der Waals surface area contributed by atoms with Gasteiger partial charge in [-0.2, -0.15) is 0 Å². The number of rotatable bonds is 5. The van der Waals surface area contributed by atoms with Gasteiger partial charge in [-0.1, -0.05) is 40.2 Å². The third kappa shape index (κ3) is 4.27. The molecule has 1 aromatic rings. The zero-order valence-electron chi connectivity index (χ0n) is 14.3. The van der Waals surface area contributed by atoms with Crippen LogP contribution in [-0.2, 0) is 6.54 Å². The van der Waals surface area contributed by atoms with Crippen molar-refractivity contribution in [3.63, 3.8) is 0 Å². The van der Waals surface area contributed by atoms with Crippen molar-refractivity contribution in [2.24, 2.45) is 11.8 Å². The number of aryl methyl sites for hydroxylation is 1. The van der Waals surface area contributed by atoms with Gasteiger partial charge in [-0.25, -0.2) is 0 Å². The van der Waals surface area contributed by atoms with Crippen LogP contribution in [0.2, 0.25) is 0 Å². The van der Waals surface area contributed by atoms with Crippen LogP contribution in [0, 0.1) is 18.8 Å². The van der Waals surface area contributed by atoms with Gasteiger partial charge in [-0.05, 0) is 29.9 Å². The molecule has 0 aliphatic carbocycles. The number of nitrogens with one attached hydrogen (secondary N) is 1. The van der Waals surface area contributed by atoms with E-state index < -0.39 is 0 Å². The summed E-state index contributed by atoms with van der Waals surface area (Å²) in [5.41, 5.74) is 2.59. The Morgan fingerprint density at radius 1 is 1.33 bits per heavy atom. The van der Waals surface area contributed by atoms with Gasteiger partial charge >= 0.3 is 0 Å². The van der Waals surface area contributed by atoms with Crippen molar-refractivity contribution < 1.29 is 0 Å². The largest absolute Gasteiger partial charge is 0.311 e. The number of nitrogens with zero attached hydrogens (tertiary/aromatic N) is 2. The van der Waals surface area contributed by atoms with E-state index in [1.807, 2.05) is 12.4 Å². The lowest BCUT2D eigenvalue weighted by Gasteiger charge is -2.44. The summed E-state index contributed by atoms with van der Waals surface area (Å²) in [5.74, 6) is 1.41. The van der Waals surface area contributed by atoms with E-state index in [0.717, 1.165) is 25.6 Å². The minimum absolute atomic E-state index is 0.614. The molecule has 0 aromatic carbocycles. The molecule has 0 spiro atoms. The van der Waals surface area contributed by atoms with Crippen LogP contribution in [0.4, 0.5) is 0 Å². The molecular formula is C18H31N3. The van der Waals surface area contributed by atoms with Crippen molar-refractivity contribution in [1.29, 1.82) is 0 Å². The van der Waals surface area contributed by atoms with Crippen molar-refractivity contribution in [1.82, 2.24) is 15.2 Å². The highest BCUT2D eigenvalue weighted by atomic mass is 15.2. The lowest BCUT2D eigenvalue weighted by atomic mass is 9.92. The van der Waals surface area contributed by atoms with Crippen LogP contribution in [-0.4, -0.2) is 35.1 Å². The Labute approximate surface area is 130 Å². The minimum atomic E-state index is 0.614. The highest BCUT2D eigenvalue weighted by molar-refractivity contribution is 5.16. The molecule has 3 atom stereocenters. The molecule has 21 heavy (non-hydrogen) atoms. The van der Waals surface area contributed by atoms with Crippen LogP contribution in [0.1, 0.15) is 45.2 Å². The summed E-state index contributed by atoms with van der Waals surface area (Å²) in [6, 6.07) is 3.50. The lowest BCUT2D eigenvalue weighted by molar-refractivity contribution is 0.0752. The summed E-state index contributed by atoms with van der Waals surface area (Å²) in [7, 11) is 0. The Morgan fingerprint density at radius 3 is 2.71 bits per heavy atom. The molecule has 3 unspecified atom stereocenters. The molecule has 0 amide bonds. The number of pyridine rings is 1. The number of hydrogen-bond donors (Lipinski definition) is 1. The van der Waals surface area contributed by atoms with E-state index >= 15 is 0 Å². The summed E-state index contributed by atoms with van der Waals surface area (Å²) < 4.78 is 0. The maximum Gasteiger partial charge on any atom is 0.0313 e. The standard InChI is InChI=1S/C18H31N3/c1-6-15(5)17-12-21(18(10-20-17)13(2)3)11-16-7-14(4)8-19-9-16/h7-9,13,15,17-18,20H,6,10-12H2,1-5H3. The third-order valence-electron chi connectivity index (χ3n) is 4.91. The van der Waals surface area contributed by atoms with E-state index in [2.05, 4.69) is 55.9 Å². The van der Waals surface area contributed by atoms with Crippen LogP contribution in [0.3, 0.4) is 0 Å². The average molecular weight is 289 g/mol. The Bertz CT molecular complexity index is 444. The fourth-order valence-corrected chi connectivity index (χ4v) is 3.30. The summed E-state index contributed by atoms with van der Waals surface area (Å²) in [5, 5.41) is 3.77. The van der Waals surface area contributed by atoms with Gasteiger partial charge in [-0.3, -0.25) is 9.88 Å². The number of piperazine rings is 1. The Hall–Kier alpha value is -0.930. The van der Waals surface area contributed by atoms with Gasteiger partial charge in [-0.15, -0.1) is 0 Å². The van der Waals surface area contributed by atoms with Crippen molar-refractivity contribution in [2.75, 3.05) is 13.1 Å². The van der Waals surface area contributed by atoms with E-state index in [1.54, 1.807) is 0 Å². The van der Waals surface area contributed by atoms with Gasteiger partial charge in [0.2, 0.25) is 0 Å². The Kier molecular flexibility index (Phi) is 5.77. The molecule has 2 heterocycles. The van der Waals surface area contributed by atoms with Gasteiger partial charge < -0.3 is 5.32 Å². The fraction of sp³-hybridized carbons (Fsp3) is 0.722. The van der Waals surface area contributed by atoms with Gasteiger partial charge in [0.25, 0.3) is 0 Å². The second-order valence-corrected chi connectivity index (χ2v) is 7.01. The molecular weight excluding hydrogens is 258 g/mol. The Balaban J connectivity index is 2.10. The maximum atomic E-state index is 4.35. The van der Waals surface area contributed by atoms with E-state index in [-0.39, 0.29) is 0 Å². The first-order valence-corrected chi connectivity index (χ1v) is 8.39. The van der Waals surface area contributed by atoms with Gasteiger partial charge in [0.05, 0.1) is 0 Å². The van der Waals surface area contributed by atoms with Crippen molar-refractivity contribution in [2.45, 2.75) is 59.7 Å². The van der Waals surface area contributed by atoms with Crippen molar-refractivity contribution >= 4 is 0 Å². The van der Waals surface area contributed by atoms with E-state index in [0.29, 0.717) is 18.0 Å². The zero-order valence-corrected chi connectivity index (χ0v) is 14.3. The molecule has 1 aliphatic heterocycles. The molecule has 1 aromatic heterocycles. The highest BCUT2D eigenvalue weighted by Crippen LogP contribution is 2.22. The first kappa shape index (κ1) is 16.4. The lowest BCUT2D eigenvalue weighted by Crippen LogP contribution is -2.59. The van der Waals surface area contributed by atoms with Gasteiger partial charge in [0.15, 0.2) is 0 Å². The topological polar surface area (TPSA) is 28.2 Å². The predicted octanol–water partition coefficient (Wildman–Crippen LogP) is 3.23. The quantitative estimate of drug-likeness (QED) is 0.902. The minimum Gasteiger partial charge on any atom is -0.311 e. The monoisotopic (exact) mass is 289 g/mol. The smallest absolute Gasteiger partial charge is 0.0313 e. The normalized spacial score (nSPS) is 25.2. The fourth-order valence-electron chi connectivity index (χ4n) is 3.30. The van der Waals surface area contributed by atoms with Gasteiger partial charge in [0, 0.05) is 44.1 Å². The van der Waals surface area contributed by atoms with Crippen LogP contribution >= 0.6 is 0 Å². The summed E-state index contributed by atoms with van der Waals surface area (Å²) >= 11 is 0. The zero-order chi connectivity index (χ0) is 15.4. The molecule has 0 bridgehead atoms. The van der Waals surface area contributed by atoms with Crippen LogP contribution in [0.25, 0.3) is 0 Å².